The van der Waals surface area contributed by atoms with Crippen LogP contribution in [0.15, 0.2) is 23.0 Å². The fourth-order valence-electron chi connectivity index (χ4n) is 0.851. The largest absolute Gasteiger partial charge is 0.350 e. The highest BCUT2D eigenvalue weighted by Crippen LogP contribution is 1.99. The van der Waals surface area contributed by atoms with Crippen molar-refractivity contribution in [3.8, 4) is 0 Å². The maximum absolute atomic E-state index is 11.3. The van der Waals surface area contributed by atoms with Gasteiger partial charge in [-0.05, 0) is 13.3 Å². The summed E-state index contributed by atoms with van der Waals surface area (Å²) < 4.78 is 0. The van der Waals surface area contributed by atoms with Gasteiger partial charge in [0.1, 0.15) is 5.69 Å². The van der Waals surface area contributed by atoms with Gasteiger partial charge in [-0.15, -0.1) is 11.3 Å². The fourth-order valence-corrected chi connectivity index (χ4v) is 1.38. The number of thiazole rings is 1. The third-order valence-corrected chi connectivity index (χ3v) is 2.08. The van der Waals surface area contributed by atoms with Gasteiger partial charge in [0.15, 0.2) is 0 Å². The minimum Gasteiger partial charge on any atom is -0.350 e. The quantitative estimate of drug-likeness (QED) is 0.589. The number of nitrogens with one attached hydrogen (secondary N) is 1. The average molecular weight is 196 g/mol. The zero-order valence-electron chi connectivity index (χ0n) is 7.49. The Bertz CT molecular complexity index is 280. The molecule has 0 aliphatic rings. The molecule has 0 bridgehead atoms. The Morgan fingerprint density at radius 2 is 2.62 bits per heavy atom. The summed E-state index contributed by atoms with van der Waals surface area (Å²) in [5.74, 6) is -0.0919. The predicted octanol–water partition coefficient (Wildman–Crippen LogP) is 1.84. The third kappa shape index (κ3) is 3.38. The first-order valence-electron chi connectivity index (χ1n) is 4.12. The van der Waals surface area contributed by atoms with Crippen molar-refractivity contribution in [3.05, 3.63) is 28.7 Å². The lowest BCUT2D eigenvalue weighted by Crippen LogP contribution is -2.24. The van der Waals surface area contributed by atoms with Crippen molar-refractivity contribution >= 4 is 17.2 Å². The summed E-state index contributed by atoms with van der Waals surface area (Å²) in [7, 11) is 0. The van der Waals surface area contributed by atoms with Crippen molar-refractivity contribution in [2.75, 3.05) is 6.54 Å². The van der Waals surface area contributed by atoms with E-state index < -0.39 is 0 Å². The Labute approximate surface area is 81.5 Å². The van der Waals surface area contributed by atoms with Crippen molar-refractivity contribution < 1.29 is 4.79 Å². The molecule has 0 aliphatic carbocycles. The molecule has 3 nitrogen and oxygen atoms in total. The molecule has 13 heavy (non-hydrogen) atoms. The van der Waals surface area contributed by atoms with Crippen LogP contribution in [0.2, 0.25) is 0 Å². The number of allylic oxidation sites excluding steroid dienone is 1. The molecule has 1 amide bonds. The average Bonchev–Trinajstić information content (AvgIpc) is 2.65. The van der Waals surface area contributed by atoms with E-state index in [2.05, 4.69) is 10.3 Å². The number of carbonyl (C=O) groups excluding carboxylic acids is 1. The van der Waals surface area contributed by atoms with Crippen LogP contribution in [0.4, 0.5) is 0 Å². The minimum absolute atomic E-state index is 0.0919. The van der Waals surface area contributed by atoms with Crippen molar-refractivity contribution in [2.45, 2.75) is 13.3 Å². The summed E-state index contributed by atoms with van der Waals surface area (Å²) in [6.07, 6.45) is 4.85. The van der Waals surface area contributed by atoms with E-state index in [0.29, 0.717) is 12.2 Å². The van der Waals surface area contributed by atoms with Gasteiger partial charge in [0.25, 0.3) is 5.91 Å². The lowest BCUT2D eigenvalue weighted by molar-refractivity contribution is 0.0950. The van der Waals surface area contributed by atoms with E-state index in [4.69, 9.17) is 0 Å². The number of nitrogens with zero attached hydrogens (tertiary/aromatic N) is 1. The molecular weight excluding hydrogens is 184 g/mol. The van der Waals surface area contributed by atoms with E-state index in [0.717, 1.165) is 6.42 Å². The van der Waals surface area contributed by atoms with Gasteiger partial charge in [0.2, 0.25) is 0 Å². The molecule has 0 aliphatic heterocycles. The standard InChI is InChI=1S/C9H12N2OS/c1-2-3-4-5-10-9(12)8-6-13-7-11-8/h2-3,6-7H,4-5H2,1H3,(H,10,12)/b3-2+. The Hall–Kier alpha value is -1.16. The molecule has 1 rings (SSSR count). The molecule has 4 heteroatoms. The van der Waals surface area contributed by atoms with E-state index in [9.17, 15) is 4.79 Å². The molecule has 0 saturated carbocycles. The number of amides is 1. The topological polar surface area (TPSA) is 42.0 Å². The van der Waals surface area contributed by atoms with Crippen LogP contribution in [0.3, 0.4) is 0 Å². The number of rotatable bonds is 4. The van der Waals surface area contributed by atoms with Gasteiger partial charge in [-0.2, -0.15) is 0 Å². The fraction of sp³-hybridized carbons (Fsp3) is 0.333. The second-order valence-electron chi connectivity index (χ2n) is 2.49. The van der Waals surface area contributed by atoms with Gasteiger partial charge in [0.05, 0.1) is 5.51 Å². The highest BCUT2D eigenvalue weighted by atomic mass is 32.1. The SMILES string of the molecule is C/C=C/CCNC(=O)c1cscn1. The van der Waals surface area contributed by atoms with Crippen LogP contribution in [0.25, 0.3) is 0 Å². The van der Waals surface area contributed by atoms with Gasteiger partial charge in [-0.25, -0.2) is 4.98 Å². The zero-order valence-corrected chi connectivity index (χ0v) is 8.30. The lowest BCUT2D eigenvalue weighted by atomic mass is 10.3. The highest BCUT2D eigenvalue weighted by Gasteiger charge is 2.04. The van der Waals surface area contributed by atoms with Crippen LogP contribution in [-0.4, -0.2) is 17.4 Å². The summed E-state index contributed by atoms with van der Waals surface area (Å²) >= 11 is 1.43. The molecule has 1 N–H and O–H groups in total. The Balaban J connectivity index is 2.27. The normalized spacial score (nSPS) is 10.5. The molecule has 0 spiro atoms. The molecule has 0 fully saturated rings. The van der Waals surface area contributed by atoms with Gasteiger partial charge >= 0.3 is 0 Å². The van der Waals surface area contributed by atoms with Gasteiger partial charge in [-0.3, -0.25) is 4.79 Å². The third-order valence-electron chi connectivity index (χ3n) is 1.50. The first-order valence-corrected chi connectivity index (χ1v) is 5.06. The monoisotopic (exact) mass is 196 g/mol. The van der Waals surface area contributed by atoms with Crippen molar-refractivity contribution in [2.24, 2.45) is 0 Å². The number of aromatic nitrogens is 1. The summed E-state index contributed by atoms with van der Waals surface area (Å²) in [6, 6.07) is 0. The van der Waals surface area contributed by atoms with Gasteiger partial charge in [-0.1, -0.05) is 12.2 Å². The van der Waals surface area contributed by atoms with Gasteiger partial charge < -0.3 is 5.32 Å². The van der Waals surface area contributed by atoms with Crippen LogP contribution in [0.5, 0.6) is 0 Å². The number of carbonyl (C=O) groups is 1. The molecule has 70 valence electrons. The molecule has 0 aromatic carbocycles. The van der Waals surface area contributed by atoms with Gasteiger partial charge in [0, 0.05) is 11.9 Å². The second-order valence-corrected chi connectivity index (χ2v) is 3.21. The molecule has 0 unspecified atom stereocenters. The Morgan fingerprint density at radius 3 is 3.23 bits per heavy atom. The van der Waals surface area contributed by atoms with E-state index in [1.54, 1.807) is 10.9 Å². The van der Waals surface area contributed by atoms with Crippen molar-refractivity contribution in [1.82, 2.24) is 10.3 Å². The summed E-state index contributed by atoms with van der Waals surface area (Å²) in [6.45, 7) is 2.63. The van der Waals surface area contributed by atoms with Crippen LogP contribution in [0, 0.1) is 0 Å². The van der Waals surface area contributed by atoms with Crippen LogP contribution in [0.1, 0.15) is 23.8 Å². The zero-order chi connectivity index (χ0) is 9.52. The second kappa shape index (κ2) is 5.48. The van der Waals surface area contributed by atoms with E-state index >= 15 is 0 Å². The Kier molecular flexibility index (Phi) is 4.18. The molecule has 0 saturated heterocycles. The molecule has 1 aromatic rings. The minimum atomic E-state index is -0.0919. The lowest BCUT2D eigenvalue weighted by Gasteiger charge is -1.98. The highest BCUT2D eigenvalue weighted by molar-refractivity contribution is 7.07. The molecule has 1 aromatic heterocycles. The summed E-state index contributed by atoms with van der Waals surface area (Å²) in [5, 5.41) is 4.51. The molecular formula is C9H12N2OS. The van der Waals surface area contributed by atoms with E-state index in [1.807, 2.05) is 19.1 Å². The maximum Gasteiger partial charge on any atom is 0.270 e. The van der Waals surface area contributed by atoms with Crippen LogP contribution < -0.4 is 5.32 Å². The first-order chi connectivity index (χ1) is 6.34. The summed E-state index contributed by atoms with van der Waals surface area (Å²) in [4.78, 5) is 15.2. The van der Waals surface area contributed by atoms with Crippen LogP contribution >= 0.6 is 11.3 Å². The Morgan fingerprint density at radius 1 is 1.77 bits per heavy atom. The molecule has 0 radical (unpaired) electrons. The van der Waals surface area contributed by atoms with Crippen molar-refractivity contribution in [1.29, 1.82) is 0 Å². The predicted molar refractivity (Wildman–Crippen MR) is 53.9 cm³/mol. The molecule has 1 heterocycles. The smallest absolute Gasteiger partial charge is 0.270 e. The van der Waals surface area contributed by atoms with Crippen LogP contribution in [-0.2, 0) is 0 Å². The number of hydrogen-bond acceptors (Lipinski definition) is 3. The maximum atomic E-state index is 11.3. The molecule has 0 atom stereocenters. The first kappa shape index (κ1) is 9.92. The number of hydrogen-bond donors (Lipinski definition) is 1. The van der Waals surface area contributed by atoms with E-state index in [-0.39, 0.29) is 5.91 Å². The summed E-state index contributed by atoms with van der Waals surface area (Å²) in [5.41, 5.74) is 2.16. The van der Waals surface area contributed by atoms with E-state index in [1.165, 1.54) is 11.3 Å². The van der Waals surface area contributed by atoms with Crippen molar-refractivity contribution in [3.63, 3.8) is 0 Å².